The highest BCUT2D eigenvalue weighted by atomic mass is 35.5. The van der Waals surface area contributed by atoms with Gasteiger partial charge in [0.25, 0.3) is 5.56 Å². The Kier molecular flexibility index (Phi) is 9.44. The van der Waals surface area contributed by atoms with E-state index in [0.717, 1.165) is 18.3 Å². The molecule has 8 nitrogen and oxygen atoms in total. The second-order valence-electron chi connectivity index (χ2n) is 12.2. The third kappa shape index (κ3) is 6.94. The number of aromatic nitrogens is 1. The first-order valence-electron chi connectivity index (χ1n) is 15.4. The normalized spacial score (nSPS) is 18.1. The Labute approximate surface area is 285 Å². The quantitative estimate of drug-likeness (QED) is 0.208. The van der Waals surface area contributed by atoms with Crippen molar-refractivity contribution >= 4 is 23.5 Å². The standard InChI is InChI=1S/C35H28ClF6N3O5/c1-17-9-19-10-23(32(17)39)27(13-30(47)48)43-34(49)33(22-11-21(5-6-26(22)38)50-28-4-2-3-25(36)31(19)28)45-14-18(7-8-44-15-20(37)16-44)24(12-29(45)46)35(40,41)42/h2-6,9-12,14,20,27,33H,7-8,13,15-16H2,1H3,(H,43,49)(H,47,48)/t27-,33-/m0/s1. The van der Waals surface area contributed by atoms with E-state index < -0.39 is 76.6 Å². The third-order valence-electron chi connectivity index (χ3n) is 8.71. The number of aryl methyl sites for hydroxylation is 1. The molecular formula is C35H28ClF6N3O5. The Bertz CT molecular complexity index is 2060. The summed E-state index contributed by atoms with van der Waals surface area (Å²) in [5.41, 5.74) is -3.23. The molecule has 3 aromatic carbocycles. The Hall–Kier alpha value is -4.82. The molecule has 50 heavy (non-hydrogen) atoms. The van der Waals surface area contributed by atoms with Crippen molar-refractivity contribution in [3.63, 3.8) is 0 Å². The number of carboxylic acids is 1. The van der Waals surface area contributed by atoms with E-state index in [-0.39, 0.29) is 65.3 Å². The molecule has 2 aliphatic heterocycles. The van der Waals surface area contributed by atoms with Crippen molar-refractivity contribution in [2.75, 3.05) is 19.6 Å². The average molecular weight is 720 g/mol. The van der Waals surface area contributed by atoms with Crippen LogP contribution in [0.1, 0.15) is 46.3 Å². The summed E-state index contributed by atoms with van der Waals surface area (Å²) < 4.78 is 94.2. The monoisotopic (exact) mass is 719 g/mol. The van der Waals surface area contributed by atoms with Crippen LogP contribution in [0.2, 0.25) is 5.02 Å². The lowest BCUT2D eigenvalue weighted by atomic mass is 9.93. The molecule has 0 unspecified atom stereocenters. The maximum atomic E-state index is 15.8. The number of amides is 1. The van der Waals surface area contributed by atoms with Crippen LogP contribution < -0.4 is 15.6 Å². The van der Waals surface area contributed by atoms with Crippen molar-refractivity contribution in [2.45, 2.75) is 44.2 Å². The van der Waals surface area contributed by atoms with Crippen molar-refractivity contribution in [2.24, 2.45) is 0 Å². The zero-order chi connectivity index (χ0) is 36.1. The molecule has 4 bridgehead atoms. The van der Waals surface area contributed by atoms with Gasteiger partial charge in [-0.2, -0.15) is 13.2 Å². The number of nitrogens with one attached hydrogen (secondary N) is 1. The molecule has 2 aliphatic rings. The van der Waals surface area contributed by atoms with Crippen molar-refractivity contribution in [3.05, 3.63) is 116 Å². The summed E-state index contributed by atoms with van der Waals surface area (Å²) in [5, 5.41) is 12.4. The number of ether oxygens (including phenoxy) is 1. The van der Waals surface area contributed by atoms with Crippen LogP contribution >= 0.6 is 11.6 Å². The van der Waals surface area contributed by atoms with Gasteiger partial charge in [-0.1, -0.05) is 17.7 Å². The summed E-state index contributed by atoms with van der Waals surface area (Å²) in [5.74, 6) is -4.54. The van der Waals surface area contributed by atoms with E-state index in [2.05, 4.69) is 5.32 Å². The smallest absolute Gasteiger partial charge is 0.416 e. The number of aliphatic carboxylic acids is 1. The first-order valence-corrected chi connectivity index (χ1v) is 15.8. The number of carbonyl (C=O) groups is 2. The molecule has 1 saturated heterocycles. The van der Waals surface area contributed by atoms with Gasteiger partial charge in [-0.05, 0) is 72.5 Å². The van der Waals surface area contributed by atoms with Gasteiger partial charge in [0.05, 0.1) is 23.0 Å². The van der Waals surface area contributed by atoms with E-state index in [1.165, 1.54) is 37.3 Å². The van der Waals surface area contributed by atoms with E-state index in [0.29, 0.717) is 10.1 Å². The minimum absolute atomic E-state index is 0.00608. The van der Waals surface area contributed by atoms with Crippen LogP contribution in [0.3, 0.4) is 0 Å². The van der Waals surface area contributed by atoms with Crippen molar-refractivity contribution in [3.8, 4) is 22.6 Å². The fraction of sp³-hybridized carbons (Fsp3) is 0.286. The fourth-order valence-electron chi connectivity index (χ4n) is 6.29. The number of hydrogen-bond donors (Lipinski definition) is 2. The molecule has 0 spiro atoms. The number of likely N-dealkylation sites (tertiary alicyclic amines) is 1. The lowest BCUT2D eigenvalue weighted by Gasteiger charge is -2.34. The largest absolute Gasteiger partial charge is 0.481 e. The van der Waals surface area contributed by atoms with Crippen LogP contribution in [0.15, 0.2) is 65.6 Å². The number of alkyl halides is 4. The van der Waals surface area contributed by atoms with Crippen LogP contribution in [0.25, 0.3) is 11.1 Å². The molecule has 1 aromatic heterocycles. The van der Waals surface area contributed by atoms with E-state index >= 15 is 8.78 Å². The first kappa shape index (κ1) is 35.0. The average Bonchev–Trinajstić information content (AvgIpc) is 3.02. The lowest BCUT2D eigenvalue weighted by Crippen LogP contribution is -2.49. The van der Waals surface area contributed by atoms with Gasteiger partial charge < -0.3 is 15.2 Å². The number of hydrogen-bond acceptors (Lipinski definition) is 5. The Morgan fingerprint density at radius 1 is 1.06 bits per heavy atom. The van der Waals surface area contributed by atoms with E-state index in [9.17, 15) is 37.1 Å². The van der Waals surface area contributed by atoms with Gasteiger partial charge in [-0.15, -0.1) is 0 Å². The molecule has 0 radical (unpaired) electrons. The highest BCUT2D eigenvalue weighted by Crippen LogP contribution is 2.42. The molecule has 2 atom stereocenters. The fourth-order valence-corrected chi connectivity index (χ4v) is 6.57. The van der Waals surface area contributed by atoms with Gasteiger partial charge >= 0.3 is 12.1 Å². The van der Waals surface area contributed by atoms with Gasteiger partial charge in [0.1, 0.15) is 35.3 Å². The Balaban J connectivity index is 1.58. The number of fused-ring (bicyclic) bond motifs is 6. The Morgan fingerprint density at radius 2 is 1.80 bits per heavy atom. The predicted octanol–water partition coefficient (Wildman–Crippen LogP) is 7.00. The van der Waals surface area contributed by atoms with Gasteiger partial charge in [-0.25, -0.2) is 13.2 Å². The zero-order valence-corrected chi connectivity index (χ0v) is 26.9. The molecule has 0 aliphatic carbocycles. The SMILES string of the molecule is Cc1cc2cc(c1F)[C@H](CC(=O)O)NC(=O)[C@@H](n1cc(CCN3CC(F)C3)c(C(F)(F)F)cc1=O)c1cc(ccc1F)Oc1cccc(Cl)c1-2. The maximum Gasteiger partial charge on any atom is 0.416 e. The van der Waals surface area contributed by atoms with E-state index in [4.69, 9.17) is 16.3 Å². The molecular weight excluding hydrogens is 692 g/mol. The predicted molar refractivity (Wildman–Crippen MR) is 170 cm³/mol. The summed E-state index contributed by atoms with van der Waals surface area (Å²) in [6, 6.07) is 7.23. The van der Waals surface area contributed by atoms with Crippen molar-refractivity contribution < 1.29 is 45.8 Å². The van der Waals surface area contributed by atoms with E-state index in [1.807, 2.05) is 0 Å². The molecule has 262 valence electrons. The first-order chi connectivity index (χ1) is 23.6. The van der Waals surface area contributed by atoms with Crippen LogP contribution in [-0.4, -0.2) is 52.3 Å². The minimum atomic E-state index is -4.99. The molecule has 2 N–H and O–H groups in total. The molecule has 1 amide bonds. The molecule has 0 saturated carbocycles. The molecule has 15 heteroatoms. The van der Waals surface area contributed by atoms with Crippen molar-refractivity contribution in [1.29, 1.82) is 0 Å². The van der Waals surface area contributed by atoms with Crippen LogP contribution in [0.4, 0.5) is 26.3 Å². The van der Waals surface area contributed by atoms with Gasteiger partial charge in [-0.3, -0.25) is 23.9 Å². The molecule has 6 rings (SSSR count). The lowest BCUT2D eigenvalue weighted by molar-refractivity contribution is -0.139. The molecule has 1 fully saturated rings. The summed E-state index contributed by atoms with van der Waals surface area (Å²) in [6.45, 7) is 1.44. The molecule has 3 heterocycles. The number of halogens is 7. The highest BCUT2D eigenvalue weighted by Gasteiger charge is 2.38. The zero-order valence-electron chi connectivity index (χ0n) is 26.2. The number of benzene rings is 3. The van der Waals surface area contributed by atoms with Crippen molar-refractivity contribution in [1.82, 2.24) is 14.8 Å². The number of nitrogens with zero attached hydrogens (tertiary/aromatic N) is 2. The van der Waals surface area contributed by atoms with Crippen LogP contribution in [0.5, 0.6) is 11.5 Å². The van der Waals surface area contributed by atoms with Gasteiger partial charge in [0.2, 0.25) is 5.91 Å². The second-order valence-corrected chi connectivity index (χ2v) is 12.6. The van der Waals surface area contributed by atoms with E-state index in [1.54, 1.807) is 11.0 Å². The number of carboxylic acid groups (broad SMARTS) is 1. The minimum Gasteiger partial charge on any atom is -0.481 e. The summed E-state index contributed by atoms with van der Waals surface area (Å²) in [7, 11) is 0. The number of pyridine rings is 1. The van der Waals surface area contributed by atoms with Gasteiger partial charge in [0, 0.05) is 48.6 Å². The second kappa shape index (κ2) is 13.5. The van der Waals surface area contributed by atoms with Crippen LogP contribution in [-0.2, 0) is 22.2 Å². The summed E-state index contributed by atoms with van der Waals surface area (Å²) >= 11 is 6.57. The number of carbonyl (C=O) groups excluding carboxylic acids is 1. The van der Waals surface area contributed by atoms with Crippen LogP contribution in [0, 0.1) is 18.6 Å². The highest BCUT2D eigenvalue weighted by molar-refractivity contribution is 6.33. The Morgan fingerprint density at radius 3 is 2.48 bits per heavy atom. The topological polar surface area (TPSA) is 101 Å². The maximum absolute atomic E-state index is 15.8. The number of rotatable bonds is 6. The van der Waals surface area contributed by atoms with Gasteiger partial charge in [0.15, 0.2) is 0 Å². The summed E-state index contributed by atoms with van der Waals surface area (Å²) in [6.07, 6.45) is -6.49. The summed E-state index contributed by atoms with van der Waals surface area (Å²) in [4.78, 5) is 41.3. The molecule has 4 aromatic rings. The third-order valence-corrected chi connectivity index (χ3v) is 9.03.